The number of rotatable bonds is 7. The molecule has 1 heterocycles. The summed E-state index contributed by atoms with van der Waals surface area (Å²) in [6, 6.07) is 4.21. The molecule has 0 atom stereocenters. The van der Waals surface area contributed by atoms with Crippen LogP contribution >= 0.6 is 0 Å². The van der Waals surface area contributed by atoms with Crippen LogP contribution in [-0.4, -0.2) is 17.6 Å². The zero-order valence-electron chi connectivity index (χ0n) is 11.5. The monoisotopic (exact) mass is 248 g/mol. The van der Waals surface area contributed by atoms with E-state index in [0.717, 1.165) is 18.8 Å². The van der Waals surface area contributed by atoms with Crippen LogP contribution in [0, 0.1) is 5.92 Å². The van der Waals surface area contributed by atoms with E-state index in [1.54, 1.807) is 0 Å². The molecule has 0 radical (unpaired) electrons. The Morgan fingerprint density at radius 2 is 2.22 bits per heavy atom. The summed E-state index contributed by atoms with van der Waals surface area (Å²) in [5.74, 6) is 0.688. The number of hydrogen-bond donors (Lipinski definition) is 1. The minimum Gasteiger partial charge on any atom is -0.372 e. The highest BCUT2D eigenvalue weighted by molar-refractivity contribution is 5.13. The molecular formula is C15H24N2O. The van der Waals surface area contributed by atoms with Gasteiger partial charge in [-0.3, -0.25) is 4.98 Å². The molecule has 18 heavy (non-hydrogen) atoms. The number of pyridine rings is 1. The van der Waals surface area contributed by atoms with Crippen LogP contribution in [0.3, 0.4) is 0 Å². The summed E-state index contributed by atoms with van der Waals surface area (Å²) in [6.07, 6.45) is 6.19. The molecule has 0 aromatic carbocycles. The topological polar surface area (TPSA) is 34.1 Å². The fourth-order valence-corrected chi connectivity index (χ4v) is 1.89. The summed E-state index contributed by atoms with van der Waals surface area (Å²) < 4.78 is 5.74. The molecule has 100 valence electrons. The first kappa shape index (κ1) is 13.5. The molecule has 2 rings (SSSR count). The molecule has 1 fully saturated rings. The standard InChI is InChI=1S/C15H24N2O/c1-12(2)8-16-9-13-6-7-14(17-10-13)11-18-15-4-3-5-15/h6-7,10,12,15-16H,3-5,8-9,11H2,1-2H3. The van der Waals surface area contributed by atoms with Crippen molar-refractivity contribution in [1.29, 1.82) is 0 Å². The summed E-state index contributed by atoms with van der Waals surface area (Å²) in [5.41, 5.74) is 2.28. The first-order valence-corrected chi connectivity index (χ1v) is 7.00. The maximum atomic E-state index is 5.74. The van der Waals surface area contributed by atoms with Gasteiger partial charge in [0.2, 0.25) is 0 Å². The van der Waals surface area contributed by atoms with Crippen molar-refractivity contribution < 1.29 is 4.74 Å². The highest BCUT2D eigenvalue weighted by Crippen LogP contribution is 2.22. The lowest BCUT2D eigenvalue weighted by molar-refractivity contribution is -0.0101. The van der Waals surface area contributed by atoms with Crippen LogP contribution in [0.25, 0.3) is 0 Å². The van der Waals surface area contributed by atoms with E-state index < -0.39 is 0 Å². The fraction of sp³-hybridized carbons (Fsp3) is 0.667. The largest absolute Gasteiger partial charge is 0.372 e. The molecule has 0 bridgehead atoms. The number of ether oxygens (including phenoxy) is 1. The van der Waals surface area contributed by atoms with Crippen molar-refractivity contribution in [3.8, 4) is 0 Å². The van der Waals surface area contributed by atoms with Gasteiger partial charge in [-0.05, 0) is 43.4 Å². The Labute approximate surface area is 110 Å². The molecule has 1 aromatic rings. The summed E-state index contributed by atoms with van der Waals surface area (Å²) >= 11 is 0. The summed E-state index contributed by atoms with van der Waals surface area (Å²) in [4.78, 5) is 4.44. The van der Waals surface area contributed by atoms with Crippen LogP contribution < -0.4 is 5.32 Å². The van der Waals surface area contributed by atoms with Gasteiger partial charge < -0.3 is 10.1 Å². The normalized spacial score (nSPS) is 15.9. The fourth-order valence-electron chi connectivity index (χ4n) is 1.89. The van der Waals surface area contributed by atoms with Gasteiger partial charge in [0.15, 0.2) is 0 Å². The number of aromatic nitrogens is 1. The Balaban J connectivity index is 1.70. The predicted molar refractivity (Wildman–Crippen MR) is 73.2 cm³/mol. The average molecular weight is 248 g/mol. The third-order valence-corrected chi connectivity index (χ3v) is 3.29. The van der Waals surface area contributed by atoms with Gasteiger partial charge in [0.05, 0.1) is 18.4 Å². The van der Waals surface area contributed by atoms with Crippen molar-refractivity contribution in [1.82, 2.24) is 10.3 Å². The van der Waals surface area contributed by atoms with E-state index in [4.69, 9.17) is 4.74 Å². The van der Waals surface area contributed by atoms with Gasteiger partial charge in [0.25, 0.3) is 0 Å². The lowest BCUT2D eigenvalue weighted by Gasteiger charge is -2.25. The second-order valence-corrected chi connectivity index (χ2v) is 5.55. The number of hydrogen-bond acceptors (Lipinski definition) is 3. The zero-order chi connectivity index (χ0) is 12.8. The smallest absolute Gasteiger partial charge is 0.0891 e. The van der Waals surface area contributed by atoms with Crippen molar-refractivity contribution in [2.45, 2.75) is 52.4 Å². The van der Waals surface area contributed by atoms with Gasteiger partial charge in [-0.15, -0.1) is 0 Å². The third-order valence-electron chi connectivity index (χ3n) is 3.29. The van der Waals surface area contributed by atoms with Crippen molar-refractivity contribution in [3.05, 3.63) is 29.6 Å². The molecule has 3 heteroatoms. The summed E-state index contributed by atoms with van der Waals surface area (Å²) in [5, 5.41) is 3.42. The van der Waals surface area contributed by atoms with Gasteiger partial charge >= 0.3 is 0 Å². The Morgan fingerprint density at radius 3 is 2.78 bits per heavy atom. The van der Waals surface area contributed by atoms with Gasteiger partial charge in [0, 0.05) is 12.7 Å². The molecule has 0 amide bonds. The molecule has 0 unspecified atom stereocenters. The van der Waals surface area contributed by atoms with E-state index in [0.29, 0.717) is 18.6 Å². The maximum absolute atomic E-state index is 5.74. The van der Waals surface area contributed by atoms with Crippen LogP contribution in [0.15, 0.2) is 18.3 Å². The molecule has 0 spiro atoms. The lowest BCUT2D eigenvalue weighted by atomic mass is 9.96. The first-order chi connectivity index (χ1) is 8.74. The molecule has 0 saturated heterocycles. The summed E-state index contributed by atoms with van der Waals surface area (Å²) in [6.45, 7) is 7.03. The second kappa shape index (κ2) is 6.86. The molecule has 1 aromatic heterocycles. The summed E-state index contributed by atoms with van der Waals surface area (Å²) in [7, 11) is 0. The van der Waals surface area contributed by atoms with E-state index in [-0.39, 0.29) is 0 Å². The third kappa shape index (κ3) is 4.39. The quantitative estimate of drug-likeness (QED) is 0.805. The van der Waals surface area contributed by atoms with Crippen LogP contribution in [0.1, 0.15) is 44.4 Å². The van der Waals surface area contributed by atoms with Crippen molar-refractivity contribution in [2.75, 3.05) is 6.54 Å². The minimum atomic E-state index is 0.485. The average Bonchev–Trinajstić information content (AvgIpc) is 2.28. The molecular weight excluding hydrogens is 224 g/mol. The Morgan fingerprint density at radius 1 is 1.39 bits per heavy atom. The molecule has 1 saturated carbocycles. The highest BCUT2D eigenvalue weighted by Gasteiger charge is 2.17. The van der Waals surface area contributed by atoms with E-state index in [1.807, 2.05) is 6.20 Å². The molecule has 3 nitrogen and oxygen atoms in total. The van der Waals surface area contributed by atoms with Crippen LogP contribution in [0.4, 0.5) is 0 Å². The zero-order valence-corrected chi connectivity index (χ0v) is 11.5. The Hall–Kier alpha value is -0.930. The van der Waals surface area contributed by atoms with Crippen molar-refractivity contribution >= 4 is 0 Å². The van der Waals surface area contributed by atoms with E-state index in [9.17, 15) is 0 Å². The molecule has 1 aliphatic rings. The number of nitrogens with zero attached hydrogens (tertiary/aromatic N) is 1. The SMILES string of the molecule is CC(C)CNCc1ccc(COC2CCC2)nc1. The molecule has 1 N–H and O–H groups in total. The van der Waals surface area contributed by atoms with E-state index >= 15 is 0 Å². The van der Waals surface area contributed by atoms with Crippen molar-refractivity contribution in [3.63, 3.8) is 0 Å². The maximum Gasteiger partial charge on any atom is 0.0891 e. The van der Waals surface area contributed by atoms with Gasteiger partial charge in [0.1, 0.15) is 0 Å². The van der Waals surface area contributed by atoms with E-state index in [2.05, 4.69) is 36.3 Å². The first-order valence-electron chi connectivity index (χ1n) is 7.00. The van der Waals surface area contributed by atoms with Crippen molar-refractivity contribution in [2.24, 2.45) is 5.92 Å². The Kier molecular flexibility index (Phi) is 5.14. The number of nitrogens with one attached hydrogen (secondary N) is 1. The van der Waals surface area contributed by atoms with Crippen LogP contribution in [-0.2, 0) is 17.9 Å². The van der Waals surface area contributed by atoms with Crippen LogP contribution in [0.2, 0.25) is 0 Å². The van der Waals surface area contributed by atoms with Gasteiger partial charge in [-0.2, -0.15) is 0 Å². The molecule has 1 aliphatic carbocycles. The van der Waals surface area contributed by atoms with Gasteiger partial charge in [-0.25, -0.2) is 0 Å². The van der Waals surface area contributed by atoms with E-state index in [1.165, 1.54) is 24.8 Å². The van der Waals surface area contributed by atoms with Gasteiger partial charge in [-0.1, -0.05) is 19.9 Å². The Bertz CT molecular complexity index is 344. The van der Waals surface area contributed by atoms with Crippen LogP contribution in [0.5, 0.6) is 0 Å². The minimum absolute atomic E-state index is 0.485. The second-order valence-electron chi connectivity index (χ2n) is 5.55. The molecule has 0 aliphatic heterocycles. The predicted octanol–water partition coefficient (Wildman–Crippen LogP) is 2.90. The highest BCUT2D eigenvalue weighted by atomic mass is 16.5. The lowest BCUT2D eigenvalue weighted by Crippen LogP contribution is -2.21.